The molecule has 0 saturated carbocycles. The van der Waals surface area contributed by atoms with E-state index in [0.29, 0.717) is 24.3 Å². The van der Waals surface area contributed by atoms with Crippen molar-refractivity contribution >= 4 is 0 Å². The van der Waals surface area contributed by atoms with Crippen LogP contribution in [0.15, 0.2) is 47.0 Å². The zero-order valence-corrected chi connectivity index (χ0v) is 16.5. The SMILES string of the molecule is COc1cccc([C@@H]2CCCN2Cc2nc(-c3ccc(C)c(OC)c3)no2)c1. The van der Waals surface area contributed by atoms with Crippen molar-refractivity contribution in [2.24, 2.45) is 0 Å². The molecule has 1 fully saturated rings. The molecule has 1 aliphatic rings. The molecule has 0 radical (unpaired) electrons. The predicted molar refractivity (Wildman–Crippen MR) is 106 cm³/mol. The highest BCUT2D eigenvalue weighted by Crippen LogP contribution is 2.34. The van der Waals surface area contributed by atoms with Crippen LogP contribution in [0.3, 0.4) is 0 Å². The average Bonchev–Trinajstić information content (AvgIpc) is 3.38. The van der Waals surface area contributed by atoms with E-state index in [1.807, 2.05) is 37.3 Å². The number of likely N-dealkylation sites (tertiary alicyclic amines) is 1. The first-order valence-electron chi connectivity index (χ1n) is 9.53. The number of hydrogen-bond donors (Lipinski definition) is 0. The van der Waals surface area contributed by atoms with Gasteiger partial charge in [-0.25, -0.2) is 0 Å². The Morgan fingerprint density at radius 1 is 1.14 bits per heavy atom. The minimum absolute atomic E-state index is 0.338. The van der Waals surface area contributed by atoms with Crippen molar-refractivity contribution in [2.45, 2.75) is 32.4 Å². The van der Waals surface area contributed by atoms with Crippen molar-refractivity contribution in [2.75, 3.05) is 20.8 Å². The van der Waals surface area contributed by atoms with Crippen LogP contribution in [0.5, 0.6) is 11.5 Å². The molecule has 1 aromatic heterocycles. The van der Waals surface area contributed by atoms with Crippen LogP contribution in [0.4, 0.5) is 0 Å². The minimum atomic E-state index is 0.338. The summed E-state index contributed by atoms with van der Waals surface area (Å²) in [6, 6.07) is 14.6. The van der Waals surface area contributed by atoms with E-state index in [4.69, 9.17) is 14.0 Å². The van der Waals surface area contributed by atoms with Gasteiger partial charge in [0.15, 0.2) is 0 Å². The molecule has 2 heterocycles. The normalized spacial score (nSPS) is 17.0. The minimum Gasteiger partial charge on any atom is -0.497 e. The monoisotopic (exact) mass is 379 g/mol. The highest BCUT2D eigenvalue weighted by molar-refractivity contribution is 5.58. The van der Waals surface area contributed by atoms with Crippen LogP contribution in [0.25, 0.3) is 11.4 Å². The van der Waals surface area contributed by atoms with Gasteiger partial charge in [0.25, 0.3) is 0 Å². The maximum absolute atomic E-state index is 5.55. The number of aromatic nitrogens is 2. The molecule has 0 N–H and O–H groups in total. The lowest BCUT2D eigenvalue weighted by Crippen LogP contribution is -2.23. The van der Waals surface area contributed by atoms with E-state index in [0.717, 1.165) is 42.0 Å². The molecule has 6 nitrogen and oxygen atoms in total. The molecule has 3 aromatic rings. The van der Waals surface area contributed by atoms with Gasteiger partial charge in [-0.3, -0.25) is 4.90 Å². The molecular weight excluding hydrogens is 354 g/mol. The Hall–Kier alpha value is -2.86. The summed E-state index contributed by atoms with van der Waals surface area (Å²) in [5.41, 5.74) is 3.23. The maximum Gasteiger partial charge on any atom is 0.241 e. The summed E-state index contributed by atoms with van der Waals surface area (Å²) in [7, 11) is 3.37. The van der Waals surface area contributed by atoms with Crippen LogP contribution in [0, 0.1) is 6.92 Å². The summed E-state index contributed by atoms with van der Waals surface area (Å²) in [5, 5.41) is 4.17. The molecule has 0 amide bonds. The third-order valence-electron chi connectivity index (χ3n) is 5.31. The summed E-state index contributed by atoms with van der Waals surface area (Å²) in [5.74, 6) is 2.92. The van der Waals surface area contributed by atoms with Gasteiger partial charge >= 0.3 is 0 Å². The maximum atomic E-state index is 5.55. The zero-order valence-electron chi connectivity index (χ0n) is 16.5. The molecule has 0 bridgehead atoms. The molecule has 1 aliphatic heterocycles. The van der Waals surface area contributed by atoms with Crippen molar-refractivity contribution in [3.8, 4) is 22.9 Å². The highest BCUT2D eigenvalue weighted by atomic mass is 16.5. The first kappa shape index (κ1) is 18.5. The Morgan fingerprint density at radius 2 is 2.04 bits per heavy atom. The van der Waals surface area contributed by atoms with E-state index < -0.39 is 0 Å². The standard InChI is InChI=1S/C22H25N3O3/c1-15-9-10-17(13-20(15)27-3)22-23-21(28-24-22)14-25-11-5-8-19(25)16-6-4-7-18(12-16)26-2/h4,6-7,9-10,12-13,19H,5,8,11,14H2,1-3H3/t19-/m0/s1. The van der Waals surface area contributed by atoms with E-state index in [-0.39, 0.29) is 0 Å². The van der Waals surface area contributed by atoms with Gasteiger partial charge in [-0.1, -0.05) is 29.4 Å². The number of hydrogen-bond acceptors (Lipinski definition) is 6. The first-order chi connectivity index (χ1) is 13.7. The van der Waals surface area contributed by atoms with Crippen molar-refractivity contribution in [3.63, 3.8) is 0 Å². The van der Waals surface area contributed by atoms with Gasteiger partial charge in [-0.05, 0) is 55.6 Å². The summed E-state index contributed by atoms with van der Waals surface area (Å²) < 4.78 is 16.3. The van der Waals surface area contributed by atoms with Gasteiger partial charge in [0.2, 0.25) is 11.7 Å². The van der Waals surface area contributed by atoms with Gasteiger partial charge in [-0.15, -0.1) is 0 Å². The first-order valence-corrected chi connectivity index (χ1v) is 9.53. The van der Waals surface area contributed by atoms with E-state index >= 15 is 0 Å². The number of aryl methyl sites for hydroxylation is 1. The lowest BCUT2D eigenvalue weighted by atomic mass is 10.0. The van der Waals surface area contributed by atoms with E-state index in [1.54, 1.807) is 14.2 Å². The quantitative estimate of drug-likeness (QED) is 0.633. The van der Waals surface area contributed by atoms with Gasteiger partial charge in [0, 0.05) is 11.6 Å². The molecule has 146 valence electrons. The van der Waals surface area contributed by atoms with Crippen LogP contribution in [0.1, 0.15) is 35.9 Å². The number of nitrogens with zero attached hydrogens (tertiary/aromatic N) is 3. The Bertz CT molecular complexity index is 954. The van der Waals surface area contributed by atoms with Crippen LogP contribution in [0.2, 0.25) is 0 Å². The summed E-state index contributed by atoms with van der Waals surface area (Å²) >= 11 is 0. The number of rotatable bonds is 6. The van der Waals surface area contributed by atoms with E-state index in [2.05, 4.69) is 27.2 Å². The van der Waals surface area contributed by atoms with Gasteiger partial charge < -0.3 is 14.0 Å². The molecular formula is C22H25N3O3. The smallest absolute Gasteiger partial charge is 0.241 e. The predicted octanol–water partition coefficient (Wildman–Crippen LogP) is 4.40. The van der Waals surface area contributed by atoms with Gasteiger partial charge in [0.1, 0.15) is 11.5 Å². The van der Waals surface area contributed by atoms with E-state index in [1.165, 1.54) is 5.56 Å². The zero-order chi connectivity index (χ0) is 19.5. The Kier molecular flexibility index (Phi) is 5.30. The van der Waals surface area contributed by atoms with Crippen molar-refractivity contribution < 1.29 is 14.0 Å². The number of benzene rings is 2. The second kappa shape index (κ2) is 8.02. The van der Waals surface area contributed by atoms with Crippen molar-refractivity contribution in [3.05, 3.63) is 59.5 Å². The fourth-order valence-electron chi connectivity index (χ4n) is 3.81. The van der Waals surface area contributed by atoms with Crippen LogP contribution in [-0.2, 0) is 6.54 Å². The summed E-state index contributed by atoms with van der Waals surface area (Å²) in [6.07, 6.45) is 2.27. The second-order valence-electron chi connectivity index (χ2n) is 7.10. The molecule has 1 atom stereocenters. The average molecular weight is 379 g/mol. The fourth-order valence-corrected chi connectivity index (χ4v) is 3.81. The molecule has 1 saturated heterocycles. The van der Waals surface area contributed by atoms with Gasteiger partial charge in [0.05, 0.1) is 20.8 Å². The molecule has 0 unspecified atom stereocenters. The van der Waals surface area contributed by atoms with Crippen molar-refractivity contribution in [1.29, 1.82) is 0 Å². The Morgan fingerprint density at radius 3 is 2.86 bits per heavy atom. The third-order valence-corrected chi connectivity index (χ3v) is 5.31. The fraction of sp³-hybridized carbons (Fsp3) is 0.364. The molecule has 28 heavy (non-hydrogen) atoms. The largest absolute Gasteiger partial charge is 0.497 e. The van der Waals surface area contributed by atoms with Crippen LogP contribution >= 0.6 is 0 Å². The van der Waals surface area contributed by atoms with Crippen LogP contribution < -0.4 is 9.47 Å². The molecule has 6 heteroatoms. The lowest BCUT2D eigenvalue weighted by molar-refractivity contribution is 0.212. The molecule has 0 aliphatic carbocycles. The second-order valence-corrected chi connectivity index (χ2v) is 7.10. The third kappa shape index (κ3) is 3.73. The van der Waals surface area contributed by atoms with Crippen molar-refractivity contribution in [1.82, 2.24) is 15.0 Å². The molecule has 4 rings (SSSR count). The number of methoxy groups -OCH3 is 2. The lowest BCUT2D eigenvalue weighted by Gasteiger charge is -2.23. The summed E-state index contributed by atoms with van der Waals surface area (Å²) in [6.45, 7) is 3.66. The number of ether oxygens (including phenoxy) is 2. The van der Waals surface area contributed by atoms with Crippen LogP contribution in [-0.4, -0.2) is 35.8 Å². The topological polar surface area (TPSA) is 60.6 Å². The Labute approximate surface area is 165 Å². The summed E-state index contributed by atoms with van der Waals surface area (Å²) in [4.78, 5) is 7.00. The molecule has 2 aromatic carbocycles. The van der Waals surface area contributed by atoms with Gasteiger partial charge in [-0.2, -0.15) is 4.98 Å². The highest BCUT2D eigenvalue weighted by Gasteiger charge is 2.28. The molecule has 0 spiro atoms. The van der Waals surface area contributed by atoms with E-state index in [9.17, 15) is 0 Å². The Balaban J connectivity index is 1.51.